The molecular formula is C14H25ClN4O. The molecule has 2 rings (SSSR count). The number of aromatic nitrogens is 2. The molecule has 0 fully saturated rings. The van der Waals surface area contributed by atoms with Crippen molar-refractivity contribution in [3.8, 4) is 0 Å². The molecule has 1 heterocycles. The molecule has 6 heteroatoms. The average molecular weight is 301 g/mol. The molecule has 114 valence electrons. The molecule has 2 unspecified atom stereocenters. The van der Waals surface area contributed by atoms with Crippen LogP contribution in [-0.2, 0) is 17.6 Å². The number of halogens is 1. The summed E-state index contributed by atoms with van der Waals surface area (Å²) in [7, 11) is 0. The fourth-order valence-corrected chi connectivity index (χ4v) is 2.35. The number of nitrogens with one attached hydrogen (secondary N) is 1. The number of amides is 1. The van der Waals surface area contributed by atoms with E-state index in [2.05, 4.69) is 30.5 Å². The number of hydrogen-bond donors (Lipinski definition) is 2. The summed E-state index contributed by atoms with van der Waals surface area (Å²) in [5, 5.41) is 7.69. The summed E-state index contributed by atoms with van der Waals surface area (Å²) in [4.78, 5) is 11.9. The number of hydrogen-bond acceptors (Lipinski definition) is 3. The lowest BCUT2D eigenvalue weighted by Gasteiger charge is -2.23. The van der Waals surface area contributed by atoms with Gasteiger partial charge in [0.15, 0.2) is 0 Å². The van der Waals surface area contributed by atoms with Gasteiger partial charge in [-0.05, 0) is 32.3 Å². The zero-order chi connectivity index (χ0) is 14.0. The Balaban J connectivity index is 0.00000200. The zero-order valence-corrected chi connectivity index (χ0v) is 13.2. The fourth-order valence-electron chi connectivity index (χ4n) is 2.35. The number of fused-ring (bicyclic) bond motifs is 1. The monoisotopic (exact) mass is 300 g/mol. The molecule has 1 aliphatic rings. The molecule has 20 heavy (non-hydrogen) atoms. The number of rotatable bonds is 4. The molecule has 0 aliphatic heterocycles. The maximum atomic E-state index is 11.9. The molecule has 0 aromatic carbocycles. The van der Waals surface area contributed by atoms with Gasteiger partial charge in [0, 0.05) is 37.2 Å². The van der Waals surface area contributed by atoms with Crippen molar-refractivity contribution in [1.29, 1.82) is 0 Å². The second kappa shape index (κ2) is 7.09. The smallest absolute Gasteiger partial charge is 0.224 e. The van der Waals surface area contributed by atoms with Crippen LogP contribution in [-0.4, -0.2) is 28.3 Å². The summed E-state index contributed by atoms with van der Waals surface area (Å²) in [6.07, 6.45) is 4.95. The van der Waals surface area contributed by atoms with Crippen LogP contribution in [0.3, 0.4) is 0 Å². The third-order valence-electron chi connectivity index (χ3n) is 3.77. The molecule has 1 amide bonds. The highest BCUT2D eigenvalue weighted by molar-refractivity contribution is 5.85. The van der Waals surface area contributed by atoms with Crippen LogP contribution in [0.1, 0.15) is 44.5 Å². The lowest BCUT2D eigenvalue weighted by atomic mass is 9.93. The van der Waals surface area contributed by atoms with Crippen molar-refractivity contribution in [2.45, 2.75) is 52.1 Å². The van der Waals surface area contributed by atoms with E-state index in [0.29, 0.717) is 12.6 Å². The van der Waals surface area contributed by atoms with Crippen molar-refractivity contribution < 1.29 is 4.79 Å². The quantitative estimate of drug-likeness (QED) is 0.884. The summed E-state index contributed by atoms with van der Waals surface area (Å²) in [5.74, 6) is -0.0612. The Bertz CT molecular complexity index is 458. The molecule has 1 aromatic heterocycles. The highest BCUT2D eigenvalue weighted by Crippen LogP contribution is 2.21. The summed E-state index contributed by atoms with van der Waals surface area (Å²) in [6, 6.07) is 0.584. The molecular weight excluding hydrogens is 276 g/mol. The van der Waals surface area contributed by atoms with Crippen LogP contribution in [0.15, 0.2) is 6.20 Å². The average Bonchev–Trinajstić information content (AvgIpc) is 2.81. The summed E-state index contributed by atoms with van der Waals surface area (Å²) in [6.45, 7) is 6.50. The summed E-state index contributed by atoms with van der Waals surface area (Å²) in [5.41, 5.74) is 7.97. The molecule has 3 N–H and O–H groups in total. The molecule has 0 radical (unpaired) electrons. The van der Waals surface area contributed by atoms with Gasteiger partial charge in [-0.15, -0.1) is 12.4 Å². The van der Waals surface area contributed by atoms with E-state index in [0.717, 1.165) is 25.0 Å². The Morgan fingerprint density at radius 1 is 1.55 bits per heavy atom. The highest BCUT2D eigenvalue weighted by Gasteiger charge is 2.24. The van der Waals surface area contributed by atoms with Crippen molar-refractivity contribution >= 4 is 18.3 Å². The third kappa shape index (κ3) is 3.73. The van der Waals surface area contributed by atoms with Gasteiger partial charge in [-0.1, -0.05) is 6.92 Å². The number of carbonyl (C=O) groups is 1. The first kappa shape index (κ1) is 17.0. The molecule has 0 bridgehead atoms. The van der Waals surface area contributed by atoms with Gasteiger partial charge >= 0.3 is 0 Å². The largest absolute Gasteiger partial charge is 0.353 e. The first-order valence-corrected chi connectivity index (χ1v) is 7.08. The van der Waals surface area contributed by atoms with Gasteiger partial charge in [0.2, 0.25) is 5.91 Å². The van der Waals surface area contributed by atoms with Gasteiger partial charge < -0.3 is 11.1 Å². The Kier molecular flexibility index (Phi) is 6.02. The van der Waals surface area contributed by atoms with Crippen LogP contribution in [0.4, 0.5) is 0 Å². The SMILES string of the molecule is CC(CN)C(=O)NC1CCc2cn(C(C)C)nc2C1.Cl. The topological polar surface area (TPSA) is 72.9 Å². The second-order valence-corrected chi connectivity index (χ2v) is 5.76. The lowest BCUT2D eigenvalue weighted by molar-refractivity contribution is -0.125. The Morgan fingerprint density at radius 2 is 2.25 bits per heavy atom. The van der Waals surface area contributed by atoms with E-state index in [9.17, 15) is 4.79 Å². The van der Waals surface area contributed by atoms with Crippen LogP contribution >= 0.6 is 12.4 Å². The lowest BCUT2D eigenvalue weighted by Crippen LogP contribution is -2.42. The number of aryl methyl sites for hydroxylation is 1. The molecule has 0 saturated carbocycles. The van der Waals surface area contributed by atoms with Gasteiger partial charge in [-0.3, -0.25) is 9.48 Å². The highest BCUT2D eigenvalue weighted by atomic mass is 35.5. The van der Waals surface area contributed by atoms with E-state index < -0.39 is 0 Å². The van der Waals surface area contributed by atoms with E-state index in [1.165, 1.54) is 5.56 Å². The van der Waals surface area contributed by atoms with Crippen molar-refractivity contribution in [3.05, 3.63) is 17.5 Å². The Labute approximate surface area is 126 Å². The molecule has 0 spiro atoms. The predicted octanol–water partition coefficient (Wildman–Crippen LogP) is 1.45. The zero-order valence-electron chi connectivity index (χ0n) is 12.4. The van der Waals surface area contributed by atoms with Crippen molar-refractivity contribution in [2.75, 3.05) is 6.54 Å². The summed E-state index contributed by atoms with van der Waals surface area (Å²) >= 11 is 0. The minimum Gasteiger partial charge on any atom is -0.353 e. The molecule has 2 atom stereocenters. The molecule has 1 aromatic rings. The van der Waals surface area contributed by atoms with Gasteiger partial charge in [0.05, 0.1) is 5.69 Å². The first-order chi connectivity index (χ1) is 9.01. The minimum absolute atomic E-state index is 0. The number of nitrogens with zero attached hydrogens (tertiary/aromatic N) is 2. The predicted molar refractivity (Wildman–Crippen MR) is 82.0 cm³/mol. The molecule has 5 nitrogen and oxygen atoms in total. The van der Waals surface area contributed by atoms with Crippen LogP contribution in [0.2, 0.25) is 0 Å². The maximum Gasteiger partial charge on any atom is 0.224 e. The first-order valence-electron chi connectivity index (χ1n) is 7.08. The van der Waals surface area contributed by atoms with Crippen LogP contribution < -0.4 is 11.1 Å². The fraction of sp³-hybridized carbons (Fsp3) is 0.714. The van der Waals surface area contributed by atoms with Gasteiger partial charge in [-0.25, -0.2) is 0 Å². The van der Waals surface area contributed by atoms with E-state index >= 15 is 0 Å². The van der Waals surface area contributed by atoms with E-state index in [1.54, 1.807) is 0 Å². The third-order valence-corrected chi connectivity index (χ3v) is 3.77. The van der Waals surface area contributed by atoms with E-state index in [1.807, 2.05) is 11.6 Å². The van der Waals surface area contributed by atoms with E-state index in [-0.39, 0.29) is 30.3 Å². The van der Waals surface area contributed by atoms with Gasteiger partial charge in [0.1, 0.15) is 0 Å². The van der Waals surface area contributed by atoms with Crippen molar-refractivity contribution in [1.82, 2.24) is 15.1 Å². The number of nitrogens with two attached hydrogens (primary N) is 1. The standard InChI is InChI=1S/C14H24N4O.ClH/c1-9(2)18-8-11-4-5-12(6-13(11)17-18)16-14(19)10(3)7-15;/h8-10,12H,4-7,15H2,1-3H3,(H,16,19);1H. The van der Waals surface area contributed by atoms with Crippen molar-refractivity contribution in [3.63, 3.8) is 0 Å². The second-order valence-electron chi connectivity index (χ2n) is 5.76. The molecule has 1 aliphatic carbocycles. The Morgan fingerprint density at radius 3 is 2.85 bits per heavy atom. The van der Waals surface area contributed by atoms with Gasteiger partial charge in [0.25, 0.3) is 0 Å². The maximum absolute atomic E-state index is 11.9. The normalized spacial score (nSPS) is 19.1. The van der Waals surface area contributed by atoms with Crippen LogP contribution in [0.25, 0.3) is 0 Å². The van der Waals surface area contributed by atoms with E-state index in [4.69, 9.17) is 5.73 Å². The minimum atomic E-state index is -0.116. The van der Waals surface area contributed by atoms with Gasteiger partial charge in [-0.2, -0.15) is 5.10 Å². The van der Waals surface area contributed by atoms with Crippen LogP contribution in [0, 0.1) is 5.92 Å². The van der Waals surface area contributed by atoms with Crippen molar-refractivity contribution in [2.24, 2.45) is 11.7 Å². The molecule has 0 saturated heterocycles. The Hall–Kier alpha value is -1.07. The summed E-state index contributed by atoms with van der Waals surface area (Å²) < 4.78 is 2.01. The van der Waals surface area contributed by atoms with Crippen LogP contribution in [0.5, 0.6) is 0 Å². The number of carbonyl (C=O) groups excluding carboxylic acids is 1.